The molecule has 21 heavy (non-hydrogen) atoms. The molecule has 1 unspecified atom stereocenters. The molecule has 5 heteroatoms. The molecule has 1 heterocycles. The van der Waals surface area contributed by atoms with Gasteiger partial charge in [0.2, 0.25) is 5.89 Å². The van der Waals surface area contributed by atoms with Gasteiger partial charge in [0, 0.05) is 18.9 Å². The van der Waals surface area contributed by atoms with Crippen molar-refractivity contribution in [3.8, 4) is 5.75 Å². The first kappa shape index (κ1) is 15.5. The average Bonchev–Trinajstić information content (AvgIpc) is 2.92. The Kier molecular flexibility index (Phi) is 5.33. The summed E-state index contributed by atoms with van der Waals surface area (Å²) in [6.45, 7) is 4.35. The second-order valence-electron chi connectivity index (χ2n) is 5.48. The third-order valence-electron chi connectivity index (χ3n) is 3.58. The normalized spacial score (nSPS) is 12.6. The van der Waals surface area contributed by atoms with Crippen LogP contribution in [0.25, 0.3) is 0 Å². The van der Waals surface area contributed by atoms with Crippen LogP contribution in [-0.2, 0) is 12.8 Å². The molecule has 1 aromatic heterocycles. The molecule has 0 amide bonds. The highest BCUT2D eigenvalue weighted by atomic mass is 16.5. The number of nitrogens with one attached hydrogen (secondary N) is 1. The van der Waals surface area contributed by atoms with Gasteiger partial charge in [-0.2, -0.15) is 4.98 Å². The summed E-state index contributed by atoms with van der Waals surface area (Å²) >= 11 is 0. The average molecular weight is 289 g/mol. The standard InChI is InChI=1S/C16H23N3O2/c1-11(2)14(17-3)10-16-18-15(19-21-16)9-12-6-5-7-13(8-12)20-4/h5-8,11,14,17H,9-10H2,1-4H3. The Morgan fingerprint density at radius 1 is 1.33 bits per heavy atom. The molecule has 0 aliphatic heterocycles. The Morgan fingerprint density at radius 3 is 2.81 bits per heavy atom. The number of benzene rings is 1. The van der Waals surface area contributed by atoms with Gasteiger partial charge in [-0.15, -0.1) is 0 Å². The minimum atomic E-state index is 0.343. The molecule has 0 aliphatic carbocycles. The number of rotatable bonds is 7. The predicted molar refractivity (Wildman–Crippen MR) is 81.5 cm³/mol. The largest absolute Gasteiger partial charge is 0.497 e. The van der Waals surface area contributed by atoms with Crippen LogP contribution in [0.15, 0.2) is 28.8 Å². The Hall–Kier alpha value is -1.88. The Morgan fingerprint density at radius 2 is 2.14 bits per heavy atom. The summed E-state index contributed by atoms with van der Waals surface area (Å²) < 4.78 is 10.6. The Bertz CT molecular complexity index is 566. The van der Waals surface area contributed by atoms with E-state index in [0.29, 0.717) is 30.1 Å². The SMILES string of the molecule is CNC(Cc1nc(Cc2cccc(OC)c2)no1)C(C)C. The summed E-state index contributed by atoms with van der Waals surface area (Å²) in [7, 11) is 3.62. The summed E-state index contributed by atoms with van der Waals surface area (Å²) in [6, 6.07) is 8.25. The van der Waals surface area contributed by atoms with Gasteiger partial charge in [0.05, 0.1) is 7.11 Å². The van der Waals surface area contributed by atoms with Crippen LogP contribution in [0.1, 0.15) is 31.1 Å². The van der Waals surface area contributed by atoms with E-state index in [1.807, 2.05) is 31.3 Å². The lowest BCUT2D eigenvalue weighted by Gasteiger charge is -2.17. The van der Waals surface area contributed by atoms with Crippen molar-refractivity contribution in [2.75, 3.05) is 14.2 Å². The van der Waals surface area contributed by atoms with Gasteiger partial charge in [-0.05, 0) is 30.7 Å². The van der Waals surface area contributed by atoms with E-state index in [4.69, 9.17) is 9.26 Å². The van der Waals surface area contributed by atoms with Gasteiger partial charge in [-0.1, -0.05) is 31.1 Å². The molecule has 1 N–H and O–H groups in total. The predicted octanol–water partition coefficient (Wildman–Crippen LogP) is 2.46. The third-order valence-corrected chi connectivity index (χ3v) is 3.58. The minimum Gasteiger partial charge on any atom is -0.497 e. The summed E-state index contributed by atoms with van der Waals surface area (Å²) in [5.41, 5.74) is 1.11. The number of hydrogen-bond donors (Lipinski definition) is 1. The maximum Gasteiger partial charge on any atom is 0.228 e. The number of aromatic nitrogens is 2. The van der Waals surface area contributed by atoms with Crippen LogP contribution in [-0.4, -0.2) is 30.3 Å². The molecule has 0 saturated carbocycles. The molecule has 0 aliphatic rings. The Labute approximate surface area is 125 Å². The number of hydrogen-bond acceptors (Lipinski definition) is 5. The number of ether oxygens (including phenoxy) is 1. The molecular formula is C16H23N3O2. The maximum atomic E-state index is 5.34. The van der Waals surface area contributed by atoms with Gasteiger partial charge in [0.1, 0.15) is 5.75 Å². The summed E-state index contributed by atoms with van der Waals surface area (Å²) in [5, 5.41) is 7.34. The number of likely N-dealkylation sites (N-methyl/N-ethyl adjacent to an activating group) is 1. The van der Waals surface area contributed by atoms with E-state index in [2.05, 4.69) is 29.3 Å². The lowest BCUT2D eigenvalue weighted by Crippen LogP contribution is -2.32. The first-order valence-corrected chi connectivity index (χ1v) is 7.24. The molecule has 1 atom stereocenters. The van der Waals surface area contributed by atoms with Crippen molar-refractivity contribution < 1.29 is 9.26 Å². The highest BCUT2D eigenvalue weighted by Gasteiger charge is 2.16. The molecule has 0 spiro atoms. The quantitative estimate of drug-likeness (QED) is 0.848. The van der Waals surface area contributed by atoms with Crippen LogP contribution < -0.4 is 10.1 Å². The van der Waals surface area contributed by atoms with E-state index < -0.39 is 0 Å². The summed E-state index contributed by atoms with van der Waals surface area (Å²) in [6.07, 6.45) is 1.39. The van der Waals surface area contributed by atoms with Crippen LogP contribution in [0.5, 0.6) is 5.75 Å². The summed E-state index contributed by atoms with van der Waals surface area (Å²) in [5.74, 6) is 2.74. The molecule has 2 rings (SSSR count). The fourth-order valence-electron chi connectivity index (χ4n) is 2.27. The fraction of sp³-hybridized carbons (Fsp3) is 0.500. The Balaban J connectivity index is 2.02. The molecule has 114 valence electrons. The smallest absolute Gasteiger partial charge is 0.228 e. The maximum absolute atomic E-state index is 5.34. The van der Waals surface area contributed by atoms with E-state index in [1.165, 1.54) is 0 Å². The van der Waals surface area contributed by atoms with E-state index in [0.717, 1.165) is 17.7 Å². The zero-order valence-electron chi connectivity index (χ0n) is 13.1. The van der Waals surface area contributed by atoms with E-state index in [9.17, 15) is 0 Å². The van der Waals surface area contributed by atoms with Gasteiger partial charge < -0.3 is 14.6 Å². The van der Waals surface area contributed by atoms with Gasteiger partial charge >= 0.3 is 0 Å². The molecule has 0 bridgehead atoms. The van der Waals surface area contributed by atoms with E-state index >= 15 is 0 Å². The lowest BCUT2D eigenvalue weighted by molar-refractivity contribution is 0.333. The zero-order chi connectivity index (χ0) is 15.2. The topological polar surface area (TPSA) is 60.2 Å². The first-order chi connectivity index (χ1) is 10.1. The van der Waals surface area contributed by atoms with Gasteiger partial charge in [-0.25, -0.2) is 0 Å². The van der Waals surface area contributed by atoms with E-state index in [1.54, 1.807) is 7.11 Å². The molecule has 5 nitrogen and oxygen atoms in total. The van der Waals surface area contributed by atoms with Crippen molar-refractivity contribution in [3.05, 3.63) is 41.5 Å². The van der Waals surface area contributed by atoms with Crippen molar-refractivity contribution in [3.63, 3.8) is 0 Å². The van der Waals surface area contributed by atoms with Crippen LogP contribution in [0.3, 0.4) is 0 Å². The van der Waals surface area contributed by atoms with E-state index in [-0.39, 0.29) is 0 Å². The number of nitrogens with zero attached hydrogens (tertiary/aromatic N) is 2. The molecule has 0 radical (unpaired) electrons. The van der Waals surface area contributed by atoms with Crippen LogP contribution >= 0.6 is 0 Å². The fourth-order valence-corrected chi connectivity index (χ4v) is 2.27. The molecule has 1 aromatic carbocycles. The second-order valence-corrected chi connectivity index (χ2v) is 5.48. The third kappa shape index (κ3) is 4.29. The van der Waals surface area contributed by atoms with Gasteiger partial charge in [0.15, 0.2) is 5.82 Å². The van der Waals surface area contributed by atoms with Gasteiger partial charge in [0.25, 0.3) is 0 Å². The van der Waals surface area contributed by atoms with Gasteiger partial charge in [-0.3, -0.25) is 0 Å². The first-order valence-electron chi connectivity index (χ1n) is 7.24. The molecule has 0 saturated heterocycles. The molecule has 2 aromatic rings. The van der Waals surface area contributed by atoms with Crippen molar-refractivity contribution in [1.82, 2.24) is 15.5 Å². The van der Waals surface area contributed by atoms with Crippen LogP contribution in [0, 0.1) is 5.92 Å². The second kappa shape index (κ2) is 7.22. The van der Waals surface area contributed by atoms with Crippen molar-refractivity contribution in [2.24, 2.45) is 5.92 Å². The van der Waals surface area contributed by atoms with Crippen LogP contribution in [0.4, 0.5) is 0 Å². The molecular weight excluding hydrogens is 266 g/mol. The van der Waals surface area contributed by atoms with Crippen molar-refractivity contribution >= 4 is 0 Å². The monoisotopic (exact) mass is 289 g/mol. The lowest BCUT2D eigenvalue weighted by atomic mass is 10.0. The highest BCUT2D eigenvalue weighted by Crippen LogP contribution is 2.15. The van der Waals surface area contributed by atoms with Crippen molar-refractivity contribution in [1.29, 1.82) is 0 Å². The number of methoxy groups -OCH3 is 1. The summed E-state index contributed by atoms with van der Waals surface area (Å²) in [4.78, 5) is 4.47. The highest BCUT2D eigenvalue weighted by molar-refractivity contribution is 5.30. The van der Waals surface area contributed by atoms with Crippen molar-refractivity contribution in [2.45, 2.75) is 32.7 Å². The van der Waals surface area contributed by atoms with Crippen LogP contribution in [0.2, 0.25) is 0 Å². The zero-order valence-corrected chi connectivity index (χ0v) is 13.1. The molecule has 0 fully saturated rings. The minimum absolute atomic E-state index is 0.343.